The van der Waals surface area contributed by atoms with E-state index in [1.54, 1.807) is 24.3 Å². The fourth-order valence-corrected chi connectivity index (χ4v) is 4.09. The van der Waals surface area contributed by atoms with E-state index in [-0.39, 0.29) is 5.88 Å². The Hall–Kier alpha value is -2.06. The maximum absolute atomic E-state index is 14.4. The van der Waals surface area contributed by atoms with Gasteiger partial charge < -0.3 is 0 Å². The van der Waals surface area contributed by atoms with Gasteiger partial charge in [-0.2, -0.15) is 39.5 Å². The minimum atomic E-state index is -7.53. The van der Waals surface area contributed by atoms with Crippen LogP contribution < -0.4 is 0 Å². The monoisotopic (exact) mass is 545 g/mol. The highest BCUT2D eigenvalue weighted by Gasteiger charge is 2.86. The molecule has 0 heterocycles. The predicted octanol–water partition coefficient (Wildman–Crippen LogP) is 7.10. The maximum atomic E-state index is 14.4. The highest BCUT2D eigenvalue weighted by Crippen LogP contribution is 2.55. The van der Waals surface area contributed by atoms with E-state index in [4.69, 9.17) is 11.6 Å². The average Bonchev–Trinajstić information content (AvgIpc) is 2.77. The molecule has 0 amide bonds. The molecule has 15 heteroatoms. The molecule has 0 bridgehead atoms. The van der Waals surface area contributed by atoms with Crippen molar-refractivity contribution in [3.63, 3.8) is 0 Å². The van der Waals surface area contributed by atoms with Crippen molar-refractivity contribution in [1.29, 1.82) is 0 Å². The van der Waals surface area contributed by atoms with Gasteiger partial charge in [-0.1, -0.05) is 48.5 Å². The average molecular weight is 546 g/mol. The summed E-state index contributed by atoms with van der Waals surface area (Å²) in [5.41, 5.74) is 1.47. The van der Waals surface area contributed by atoms with Crippen LogP contribution in [0.4, 0.5) is 44.0 Å². The number of hydrogen-bond donors (Lipinski definition) is 0. The zero-order valence-electron chi connectivity index (χ0n) is 16.7. The third-order valence-corrected chi connectivity index (χ3v) is 6.80. The topological polar surface area (TPSA) is 37.4 Å². The fourth-order valence-electron chi connectivity index (χ4n) is 2.70. The molecule has 0 aliphatic heterocycles. The van der Waals surface area contributed by atoms with Gasteiger partial charge in [0.25, 0.3) is 0 Å². The summed E-state index contributed by atoms with van der Waals surface area (Å²) in [7, 11) is -7.37. The van der Waals surface area contributed by atoms with Crippen LogP contribution in [0.3, 0.4) is 0 Å². The van der Waals surface area contributed by atoms with Gasteiger partial charge >= 0.3 is 33.3 Å². The van der Waals surface area contributed by atoms with Crippen LogP contribution in [0.5, 0.6) is 0 Å². The predicted molar refractivity (Wildman–Crippen MR) is 103 cm³/mol. The van der Waals surface area contributed by atoms with E-state index in [0.717, 1.165) is 17.7 Å². The van der Waals surface area contributed by atoms with Gasteiger partial charge in [-0.15, -0.1) is 16.1 Å². The van der Waals surface area contributed by atoms with Crippen LogP contribution in [0, 0.1) is 0 Å². The number of hydrogen-bond acceptors (Lipinski definition) is 2. The SMILES string of the molecule is CC(c1ccc(-c2ccc(CCl)cc2)cc1)N(F)S(=O)(=O)C(F)(F)C(F)(F)C(F)(F)C(F)(F)F. The van der Waals surface area contributed by atoms with Crippen LogP contribution in [0.25, 0.3) is 11.1 Å². The van der Waals surface area contributed by atoms with Crippen molar-refractivity contribution in [2.75, 3.05) is 0 Å². The van der Waals surface area contributed by atoms with Crippen LogP contribution in [0.15, 0.2) is 48.5 Å². The van der Waals surface area contributed by atoms with Gasteiger partial charge in [-0.25, -0.2) is 8.42 Å². The molecule has 1 unspecified atom stereocenters. The van der Waals surface area contributed by atoms with Crippen LogP contribution >= 0.6 is 11.6 Å². The molecule has 2 rings (SSSR count). The van der Waals surface area contributed by atoms with Gasteiger partial charge in [0.1, 0.15) is 0 Å². The van der Waals surface area contributed by atoms with Crippen molar-refractivity contribution in [1.82, 2.24) is 4.53 Å². The lowest BCUT2D eigenvalue weighted by molar-refractivity contribution is -0.382. The summed E-state index contributed by atoms with van der Waals surface area (Å²) in [4.78, 5) is 0. The van der Waals surface area contributed by atoms with E-state index in [0.29, 0.717) is 18.1 Å². The van der Waals surface area contributed by atoms with Crippen molar-refractivity contribution in [2.45, 2.75) is 42.1 Å². The van der Waals surface area contributed by atoms with Crippen LogP contribution in [-0.2, 0) is 15.9 Å². The summed E-state index contributed by atoms with van der Waals surface area (Å²) in [5, 5.41) is -7.16. The Morgan fingerprint density at radius 1 is 0.794 bits per heavy atom. The summed E-state index contributed by atoms with van der Waals surface area (Å²) in [5.74, 6) is -14.8. The highest BCUT2D eigenvalue weighted by atomic mass is 35.5. The van der Waals surface area contributed by atoms with Crippen molar-refractivity contribution in [3.8, 4) is 11.1 Å². The summed E-state index contributed by atoms with van der Waals surface area (Å²) in [6.45, 7) is 0.595. The fraction of sp³-hybridized carbons (Fsp3) is 0.368. The third kappa shape index (κ3) is 4.59. The molecule has 3 nitrogen and oxygen atoms in total. The minimum absolute atomic E-state index is 0.232. The normalized spacial score (nSPS) is 15.0. The number of nitrogens with zero attached hydrogens (tertiary/aromatic N) is 1. The van der Waals surface area contributed by atoms with E-state index in [2.05, 4.69) is 0 Å². The molecule has 0 radical (unpaired) electrons. The summed E-state index contributed by atoms with van der Waals surface area (Å²) >= 11 is 5.67. The molecule has 34 heavy (non-hydrogen) atoms. The maximum Gasteiger partial charge on any atom is 0.460 e. The Labute approximate surface area is 191 Å². The second-order valence-corrected chi connectivity index (χ2v) is 9.12. The lowest BCUT2D eigenvalue weighted by Gasteiger charge is -2.34. The molecule has 2 aromatic carbocycles. The van der Waals surface area contributed by atoms with Crippen molar-refractivity contribution >= 4 is 21.6 Å². The second-order valence-electron chi connectivity index (χ2n) is 7.04. The van der Waals surface area contributed by atoms with Crippen LogP contribution in [0.1, 0.15) is 24.1 Å². The number of sulfonamides is 1. The Kier molecular flexibility index (Phi) is 7.62. The molecule has 1 atom stereocenters. The molecule has 0 spiro atoms. The van der Waals surface area contributed by atoms with Gasteiger partial charge in [0.2, 0.25) is 0 Å². The van der Waals surface area contributed by atoms with Crippen molar-refractivity contribution < 1.29 is 52.4 Å². The van der Waals surface area contributed by atoms with Crippen molar-refractivity contribution in [2.24, 2.45) is 0 Å². The van der Waals surface area contributed by atoms with Gasteiger partial charge in [0, 0.05) is 5.88 Å². The number of rotatable bonds is 8. The quantitative estimate of drug-likeness (QED) is 0.202. The Balaban J connectivity index is 2.36. The molecule has 0 N–H and O–H groups in total. The molecule has 2 aromatic rings. The van der Waals surface area contributed by atoms with Gasteiger partial charge in [-0.3, -0.25) is 0 Å². The zero-order chi connectivity index (χ0) is 26.3. The number of alkyl halides is 10. The lowest BCUT2D eigenvalue weighted by atomic mass is 10.0. The standard InChI is InChI=1S/C19H14ClF10NO2S/c1-11(13-6-8-15(9-7-13)14-4-2-12(10-20)3-5-14)31(30)34(32,33)19(28,29)17(23,24)16(21,22)18(25,26)27/h2-9,11H,10H2,1H3. The number of benzene rings is 2. The number of halogens is 11. The van der Waals surface area contributed by atoms with Gasteiger partial charge in [0.15, 0.2) is 0 Å². The molecule has 190 valence electrons. The molecule has 0 aliphatic rings. The first-order chi connectivity index (χ1) is 15.3. The second kappa shape index (κ2) is 9.19. The Morgan fingerprint density at radius 2 is 1.21 bits per heavy atom. The van der Waals surface area contributed by atoms with E-state index < -0.39 is 49.4 Å². The van der Waals surface area contributed by atoms with E-state index in [1.807, 2.05) is 0 Å². The smallest absolute Gasteiger partial charge is 0.203 e. The molecular formula is C19H14ClF10NO2S. The molecule has 0 aliphatic carbocycles. The molecule has 0 saturated carbocycles. The first kappa shape index (κ1) is 28.2. The summed E-state index contributed by atoms with van der Waals surface area (Å²) < 4.78 is 153. The largest absolute Gasteiger partial charge is 0.460 e. The third-order valence-electron chi connectivity index (χ3n) is 4.81. The lowest BCUT2D eigenvalue weighted by Crippen LogP contribution is -2.64. The van der Waals surface area contributed by atoms with Gasteiger partial charge in [0.05, 0.1) is 6.04 Å². The Bertz CT molecular complexity index is 1100. The molecule has 0 fully saturated rings. The first-order valence-electron chi connectivity index (χ1n) is 8.98. The molecule has 0 aromatic heterocycles. The minimum Gasteiger partial charge on any atom is -0.203 e. The first-order valence-corrected chi connectivity index (χ1v) is 11.0. The molecular weight excluding hydrogens is 532 g/mol. The van der Waals surface area contributed by atoms with Crippen LogP contribution in [0.2, 0.25) is 0 Å². The van der Waals surface area contributed by atoms with E-state index in [9.17, 15) is 52.4 Å². The van der Waals surface area contributed by atoms with Crippen molar-refractivity contribution in [3.05, 3.63) is 59.7 Å². The highest BCUT2D eigenvalue weighted by molar-refractivity contribution is 7.90. The van der Waals surface area contributed by atoms with E-state index in [1.165, 1.54) is 12.1 Å². The van der Waals surface area contributed by atoms with Gasteiger partial charge in [-0.05, 0) is 33.7 Å². The molecule has 0 saturated heterocycles. The summed E-state index contributed by atoms with van der Waals surface area (Å²) in [6.07, 6.45) is -7.25. The Morgan fingerprint density at radius 3 is 1.59 bits per heavy atom. The summed E-state index contributed by atoms with van der Waals surface area (Å²) in [6, 6.07) is 8.97. The zero-order valence-corrected chi connectivity index (χ0v) is 18.3. The van der Waals surface area contributed by atoms with E-state index >= 15 is 0 Å². The van der Waals surface area contributed by atoms with Crippen LogP contribution in [-0.4, -0.2) is 36.2 Å².